The zero-order valence-electron chi connectivity index (χ0n) is 16.7. The fourth-order valence-corrected chi connectivity index (χ4v) is 3.24. The molecule has 0 saturated carbocycles. The van der Waals surface area contributed by atoms with E-state index >= 15 is 0 Å². The Morgan fingerprint density at radius 1 is 1.07 bits per heavy atom. The van der Waals surface area contributed by atoms with Gasteiger partial charge >= 0.3 is 12.0 Å². The normalized spacial score (nSPS) is 16.0. The Hall–Kier alpha value is -3.48. The molecule has 0 saturated heterocycles. The lowest BCUT2D eigenvalue weighted by atomic mass is 9.94. The van der Waals surface area contributed by atoms with Crippen molar-refractivity contribution < 1.29 is 23.8 Å². The first-order valence-electron chi connectivity index (χ1n) is 9.24. The summed E-state index contributed by atoms with van der Waals surface area (Å²) in [5, 5.41) is 5.43. The highest BCUT2D eigenvalue weighted by atomic mass is 16.5. The highest BCUT2D eigenvalue weighted by Gasteiger charge is 2.34. The minimum absolute atomic E-state index is 0.236. The lowest BCUT2D eigenvalue weighted by molar-refractivity contribution is -0.139. The van der Waals surface area contributed by atoms with Gasteiger partial charge in [-0.15, -0.1) is 0 Å². The van der Waals surface area contributed by atoms with Crippen molar-refractivity contribution in [3.05, 3.63) is 70.9 Å². The van der Waals surface area contributed by atoms with Gasteiger partial charge in [0.25, 0.3) is 0 Å². The monoisotopic (exact) mass is 396 g/mol. The minimum Gasteiger partial charge on any atom is -0.497 e. The Morgan fingerprint density at radius 2 is 1.83 bits per heavy atom. The van der Waals surface area contributed by atoms with Gasteiger partial charge in [-0.05, 0) is 24.6 Å². The molecule has 0 radical (unpaired) electrons. The molecule has 2 aromatic carbocycles. The molecule has 7 nitrogen and oxygen atoms in total. The number of nitrogens with one attached hydrogen (secondary N) is 2. The number of allylic oxidation sites excluding steroid dienone is 1. The van der Waals surface area contributed by atoms with E-state index in [1.165, 1.54) is 7.11 Å². The van der Waals surface area contributed by atoms with Crippen LogP contribution in [0.4, 0.5) is 4.79 Å². The first-order valence-corrected chi connectivity index (χ1v) is 9.24. The summed E-state index contributed by atoms with van der Waals surface area (Å²) in [4.78, 5) is 24.9. The Balaban J connectivity index is 1.83. The van der Waals surface area contributed by atoms with Gasteiger partial charge < -0.3 is 24.8 Å². The molecule has 0 aliphatic carbocycles. The lowest BCUT2D eigenvalue weighted by Gasteiger charge is -2.29. The molecule has 1 heterocycles. The van der Waals surface area contributed by atoms with Gasteiger partial charge in [-0.3, -0.25) is 0 Å². The largest absolute Gasteiger partial charge is 0.497 e. The van der Waals surface area contributed by atoms with Crippen molar-refractivity contribution >= 4 is 12.0 Å². The number of hydrogen-bond acceptors (Lipinski definition) is 5. The molecule has 29 heavy (non-hydrogen) atoms. The molecule has 0 unspecified atom stereocenters. The van der Waals surface area contributed by atoms with Crippen LogP contribution < -0.4 is 20.1 Å². The molecule has 0 fully saturated rings. The fourth-order valence-electron chi connectivity index (χ4n) is 3.24. The lowest BCUT2D eigenvalue weighted by Crippen LogP contribution is -2.45. The molecule has 2 aromatic rings. The van der Waals surface area contributed by atoms with Crippen molar-refractivity contribution in [2.45, 2.75) is 19.4 Å². The molecule has 1 atom stereocenters. The van der Waals surface area contributed by atoms with Crippen LogP contribution in [0.2, 0.25) is 0 Å². The number of carbonyl (C=O) groups excluding carboxylic acids is 2. The Morgan fingerprint density at radius 3 is 2.52 bits per heavy atom. The summed E-state index contributed by atoms with van der Waals surface area (Å²) in [6, 6.07) is 13.9. The summed E-state index contributed by atoms with van der Waals surface area (Å²) in [5.74, 6) is 0.617. The van der Waals surface area contributed by atoms with Crippen molar-refractivity contribution in [2.24, 2.45) is 0 Å². The van der Waals surface area contributed by atoms with E-state index in [9.17, 15) is 9.59 Å². The number of ether oxygens (including phenoxy) is 3. The van der Waals surface area contributed by atoms with Crippen LogP contribution in [-0.4, -0.2) is 32.8 Å². The second kappa shape index (κ2) is 9.14. The third-order valence-corrected chi connectivity index (χ3v) is 4.71. The van der Waals surface area contributed by atoms with Crippen molar-refractivity contribution in [2.75, 3.05) is 20.8 Å². The highest BCUT2D eigenvalue weighted by molar-refractivity contribution is 5.95. The average Bonchev–Trinajstić information content (AvgIpc) is 2.73. The molecule has 0 aromatic heterocycles. The molecule has 3 rings (SSSR count). The van der Waals surface area contributed by atoms with E-state index < -0.39 is 18.0 Å². The van der Waals surface area contributed by atoms with Crippen LogP contribution in [0.1, 0.15) is 24.1 Å². The molecule has 2 N–H and O–H groups in total. The third-order valence-electron chi connectivity index (χ3n) is 4.71. The van der Waals surface area contributed by atoms with Gasteiger partial charge in [0.05, 0.1) is 32.4 Å². The summed E-state index contributed by atoms with van der Waals surface area (Å²) in [7, 11) is 3.08. The van der Waals surface area contributed by atoms with Crippen LogP contribution in [0.5, 0.6) is 11.5 Å². The van der Waals surface area contributed by atoms with Crippen molar-refractivity contribution in [3.8, 4) is 11.5 Å². The number of methoxy groups -OCH3 is 2. The SMILES string of the molecule is COc1ccc([C@H]2NC(=O)NC(C)=C2C(=O)OCCc2ccccc2)c(OC)c1. The van der Waals surface area contributed by atoms with Crippen LogP contribution in [0, 0.1) is 0 Å². The third kappa shape index (κ3) is 4.68. The van der Waals surface area contributed by atoms with Gasteiger partial charge in [0.15, 0.2) is 0 Å². The second-order valence-corrected chi connectivity index (χ2v) is 6.55. The number of hydrogen-bond donors (Lipinski definition) is 2. The number of urea groups is 1. The number of rotatable bonds is 7. The Labute approximate surface area is 169 Å². The van der Waals surface area contributed by atoms with Crippen LogP contribution in [0.25, 0.3) is 0 Å². The zero-order valence-corrected chi connectivity index (χ0v) is 16.7. The van der Waals surface area contributed by atoms with E-state index in [-0.39, 0.29) is 6.61 Å². The quantitative estimate of drug-likeness (QED) is 0.703. The summed E-state index contributed by atoms with van der Waals surface area (Å²) in [5.41, 5.74) is 2.49. The summed E-state index contributed by atoms with van der Waals surface area (Å²) < 4.78 is 16.2. The van der Waals surface area contributed by atoms with E-state index in [1.54, 1.807) is 32.2 Å². The molecule has 1 aliphatic rings. The van der Waals surface area contributed by atoms with E-state index in [2.05, 4.69) is 10.6 Å². The number of amides is 2. The van der Waals surface area contributed by atoms with Gasteiger partial charge in [-0.2, -0.15) is 0 Å². The maximum Gasteiger partial charge on any atom is 0.338 e. The van der Waals surface area contributed by atoms with Gasteiger partial charge in [0.1, 0.15) is 11.5 Å². The molecular formula is C22H24N2O5. The highest BCUT2D eigenvalue weighted by Crippen LogP contribution is 2.35. The van der Waals surface area contributed by atoms with Crippen LogP contribution in [-0.2, 0) is 16.0 Å². The second-order valence-electron chi connectivity index (χ2n) is 6.55. The molecule has 7 heteroatoms. The summed E-state index contributed by atoms with van der Waals surface area (Å²) in [6.45, 7) is 1.91. The smallest absolute Gasteiger partial charge is 0.338 e. The van der Waals surface area contributed by atoms with Crippen LogP contribution in [0.3, 0.4) is 0 Å². The predicted octanol–water partition coefficient (Wildman–Crippen LogP) is 3.12. The van der Waals surface area contributed by atoms with E-state index in [1.807, 2.05) is 30.3 Å². The van der Waals surface area contributed by atoms with Crippen molar-refractivity contribution in [1.82, 2.24) is 10.6 Å². The van der Waals surface area contributed by atoms with E-state index in [0.29, 0.717) is 34.8 Å². The van der Waals surface area contributed by atoms with Gasteiger partial charge in [-0.25, -0.2) is 9.59 Å². The molecule has 0 spiro atoms. The predicted molar refractivity (Wildman–Crippen MR) is 108 cm³/mol. The number of esters is 1. The molecule has 0 bridgehead atoms. The molecule has 152 valence electrons. The van der Waals surface area contributed by atoms with Gasteiger partial charge in [-0.1, -0.05) is 30.3 Å². The Bertz CT molecular complexity index is 924. The number of benzene rings is 2. The molecule has 2 amide bonds. The molecule has 1 aliphatic heterocycles. The van der Waals surface area contributed by atoms with E-state index in [4.69, 9.17) is 14.2 Å². The maximum atomic E-state index is 12.9. The zero-order chi connectivity index (χ0) is 20.8. The first-order chi connectivity index (χ1) is 14.0. The topological polar surface area (TPSA) is 85.9 Å². The summed E-state index contributed by atoms with van der Waals surface area (Å²) >= 11 is 0. The molecular weight excluding hydrogens is 372 g/mol. The van der Waals surface area contributed by atoms with Crippen LogP contribution in [0.15, 0.2) is 59.8 Å². The Kier molecular flexibility index (Phi) is 6.39. The average molecular weight is 396 g/mol. The van der Waals surface area contributed by atoms with E-state index in [0.717, 1.165) is 5.56 Å². The summed E-state index contributed by atoms with van der Waals surface area (Å²) in [6.07, 6.45) is 0.606. The first kappa shape index (κ1) is 20.3. The fraction of sp³-hybridized carbons (Fsp3) is 0.273. The van der Waals surface area contributed by atoms with Gasteiger partial charge in [0, 0.05) is 23.7 Å². The van der Waals surface area contributed by atoms with Crippen molar-refractivity contribution in [3.63, 3.8) is 0 Å². The van der Waals surface area contributed by atoms with Crippen molar-refractivity contribution in [1.29, 1.82) is 0 Å². The number of carbonyl (C=O) groups is 2. The standard InChI is InChI=1S/C22H24N2O5/c1-14-19(21(25)29-12-11-15-7-5-4-6-8-15)20(24-22(26)23-14)17-10-9-16(27-2)13-18(17)28-3/h4-10,13,20H,11-12H2,1-3H3,(H2,23,24,26)/t20-/m1/s1. The minimum atomic E-state index is -0.700. The van der Waals surface area contributed by atoms with Crippen LogP contribution >= 0.6 is 0 Å². The van der Waals surface area contributed by atoms with Gasteiger partial charge in [0.2, 0.25) is 0 Å². The maximum absolute atomic E-state index is 12.9.